The Bertz CT molecular complexity index is 483. The van der Waals surface area contributed by atoms with Gasteiger partial charge in [-0.05, 0) is 39.7 Å². The number of nitrogens with two attached hydrogens (primary N) is 1. The summed E-state index contributed by atoms with van der Waals surface area (Å²) in [6, 6.07) is 3.84. The summed E-state index contributed by atoms with van der Waals surface area (Å²) < 4.78 is 6.96. The Balaban J connectivity index is 2.46. The van der Waals surface area contributed by atoms with Crippen LogP contribution in [0, 0.1) is 16.7 Å². The molecule has 0 aromatic carbocycles. The lowest BCUT2D eigenvalue weighted by Gasteiger charge is -2.14. The van der Waals surface area contributed by atoms with E-state index in [1.165, 1.54) is 0 Å². The lowest BCUT2D eigenvalue weighted by atomic mass is 9.90. The standard InChI is InChI=1S/C14H21N3O2/c1-4-17-9-11(16)8-12(17)13(18)19-7-5-6-14(2,3)10-15/h8-9H,4-7,16H2,1-3H3. The number of carbonyl (C=O) groups excluding carboxylic acids is 1. The molecule has 0 bridgehead atoms. The maximum atomic E-state index is 11.9. The van der Waals surface area contributed by atoms with Crippen molar-refractivity contribution in [3.8, 4) is 6.07 Å². The predicted molar refractivity (Wildman–Crippen MR) is 73.4 cm³/mol. The Labute approximate surface area is 114 Å². The Morgan fingerprint density at radius 2 is 2.26 bits per heavy atom. The highest BCUT2D eigenvalue weighted by atomic mass is 16.5. The van der Waals surface area contributed by atoms with E-state index in [9.17, 15) is 4.79 Å². The second-order valence-corrected chi connectivity index (χ2v) is 5.18. The monoisotopic (exact) mass is 263 g/mol. The van der Waals surface area contributed by atoms with Crippen LogP contribution in [0.15, 0.2) is 12.3 Å². The second kappa shape index (κ2) is 6.28. The largest absolute Gasteiger partial charge is 0.461 e. The van der Waals surface area contributed by atoms with E-state index in [4.69, 9.17) is 15.7 Å². The summed E-state index contributed by atoms with van der Waals surface area (Å²) in [6.45, 7) is 6.67. The number of esters is 1. The molecular formula is C14H21N3O2. The first-order valence-corrected chi connectivity index (χ1v) is 6.43. The third-order valence-electron chi connectivity index (χ3n) is 2.95. The molecule has 0 aliphatic carbocycles. The number of carbonyl (C=O) groups is 1. The Hall–Kier alpha value is -1.96. The average molecular weight is 263 g/mol. The Kier molecular flexibility index (Phi) is 4.99. The summed E-state index contributed by atoms with van der Waals surface area (Å²) in [7, 11) is 0. The van der Waals surface area contributed by atoms with E-state index >= 15 is 0 Å². The fourth-order valence-corrected chi connectivity index (χ4v) is 1.77. The zero-order chi connectivity index (χ0) is 14.5. The van der Waals surface area contributed by atoms with Crippen LogP contribution in [-0.2, 0) is 11.3 Å². The van der Waals surface area contributed by atoms with Gasteiger partial charge in [0.25, 0.3) is 0 Å². The number of nitrogens with zero attached hydrogens (tertiary/aromatic N) is 2. The van der Waals surface area contributed by atoms with Crippen molar-refractivity contribution < 1.29 is 9.53 Å². The van der Waals surface area contributed by atoms with Crippen LogP contribution in [0.1, 0.15) is 44.1 Å². The molecule has 0 aliphatic rings. The molecule has 0 fully saturated rings. The van der Waals surface area contributed by atoms with Gasteiger partial charge in [-0.3, -0.25) is 0 Å². The van der Waals surface area contributed by atoms with Crippen molar-refractivity contribution in [2.24, 2.45) is 5.41 Å². The van der Waals surface area contributed by atoms with E-state index in [1.54, 1.807) is 16.8 Å². The number of hydrogen-bond donors (Lipinski definition) is 1. The van der Waals surface area contributed by atoms with Crippen LogP contribution >= 0.6 is 0 Å². The summed E-state index contributed by atoms with van der Waals surface area (Å²) in [5, 5.41) is 8.88. The number of rotatable bonds is 6. The number of ether oxygens (including phenoxy) is 1. The number of hydrogen-bond acceptors (Lipinski definition) is 4. The van der Waals surface area contributed by atoms with E-state index in [0.29, 0.717) is 37.4 Å². The van der Waals surface area contributed by atoms with Gasteiger partial charge in [-0.25, -0.2) is 4.79 Å². The quantitative estimate of drug-likeness (QED) is 0.631. The molecule has 0 aliphatic heterocycles. The molecule has 0 spiro atoms. The molecular weight excluding hydrogens is 242 g/mol. The Morgan fingerprint density at radius 3 is 2.84 bits per heavy atom. The minimum absolute atomic E-state index is 0.318. The van der Waals surface area contributed by atoms with Gasteiger partial charge in [0, 0.05) is 12.7 Å². The van der Waals surface area contributed by atoms with Gasteiger partial charge in [0.15, 0.2) is 0 Å². The normalized spacial score (nSPS) is 11.1. The van der Waals surface area contributed by atoms with Crippen LogP contribution in [-0.4, -0.2) is 17.1 Å². The molecule has 1 heterocycles. The molecule has 0 saturated carbocycles. The fraction of sp³-hybridized carbons (Fsp3) is 0.571. The molecule has 19 heavy (non-hydrogen) atoms. The maximum Gasteiger partial charge on any atom is 0.355 e. The van der Waals surface area contributed by atoms with Crippen LogP contribution in [0.5, 0.6) is 0 Å². The predicted octanol–water partition coefficient (Wildman–Crippen LogP) is 2.58. The van der Waals surface area contributed by atoms with Crippen LogP contribution < -0.4 is 5.73 Å². The summed E-state index contributed by atoms with van der Waals surface area (Å²) in [6.07, 6.45) is 3.09. The summed E-state index contributed by atoms with van der Waals surface area (Å²) in [5.74, 6) is -0.367. The lowest BCUT2D eigenvalue weighted by Crippen LogP contribution is -2.14. The third kappa shape index (κ3) is 4.32. The van der Waals surface area contributed by atoms with Gasteiger partial charge in [-0.15, -0.1) is 0 Å². The smallest absolute Gasteiger partial charge is 0.355 e. The highest BCUT2D eigenvalue weighted by Crippen LogP contribution is 2.20. The average Bonchev–Trinajstić information content (AvgIpc) is 2.76. The summed E-state index contributed by atoms with van der Waals surface area (Å²) >= 11 is 0. The molecule has 0 saturated heterocycles. The summed E-state index contributed by atoms with van der Waals surface area (Å²) in [4.78, 5) is 11.9. The van der Waals surface area contributed by atoms with Crippen molar-refractivity contribution in [3.63, 3.8) is 0 Å². The molecule has 0 atom stereocenters. The summed E-state index contributed by atoms with van der Waals surface area (Å²) in [5.41, 5.74) is 6.31. The van der Waals surface area contributed by atoms with Crippen molar-refractivity contribution in [1.29, 1.82) is 5.26 Å². The van der Waals surface area contributed by atoms with Gasteiger partial charge in [-0.1, -0.05) is 0 Å². The van der Waals surface area contributed by atoms with Gasteiger partial charge < -0.3 is 15.0 Å². The van der Waals surface area contributed by atoms with Crippen LogP contribution in [0.25, 0.3) is 0 Å². The lowest BCUT2D eigenvalue weighted by molar-refractivity contribution is 0.0478. The van der Waals surface area contributed by atoms with Crippen LogP contribution in [0.3, 0.4) is 0 Å². The van der Waals surface area contributed by atoms with Crippen LogP contribution in [0.4, 0.5) is 5.69 Å². The second-order valence-electron chi connectivity index (χ2n) is 5.18. The van der Waals surface area contributed by atoms with Gasteiger partial charge in [0.1, 0.15) is 5.69 Å². The molecule has 2 N–H and O–H groups in total. The Morgan fingerprint density at radius 1 is 1.58 bits per heavy atom. The van der Waals surface area contributed by atoms with Crippen molar-refractivity contribution in [2.75, 3.05) is 12.3 Å². The zero-order valence-electron chi connectivity index (χ0n) is 11.8. The molecule has 0 radical (unpaired) electrons. The van der Waals surface area contributed by atoms with E-state index in [-0.39, 0.29) is 11.4 Å². The number of nitriles is 1. The van der Waals surface area contributed by atoms with Crippen molar-refractivity contribution in [1.82, 2.24) is 4.57 Å². The van der Waals surface area contributed by atoms with E-state index in [0.717, 1.165) is 0 Å². The number of anilines is 1. The van der Waals surface area contributed by atoms with E-state index in [1.807, 2.05) is 20.8 Å². The molecule has 0 amide bonds. The first-order valence-electron chi connectivity index (χ1n) is 6.43. The number of aromatic nitrogens is 1. The van der Waals surface area contributed by atoms with E-state index < -0.39 is 0 Å². The molecule has 5 nitrogen and oxygen atoms in total. The molecule has 104 valence electrons. The third-order valence-corrected chi connectivity index (χ3v) is 2.95. The molecule has 5 heteroatoms. The molecule has 1 aromatic rings. The topological polar surface area (TPSA) is 81.0 Å². The first kappa shape index (κ1) is 15.1. The van der Waals surface area contributed by atoms with Crippen molar-refractivity contribution >= 4 is 11.7 Å². The van der Waals surface area contributed by atoms with Gasteiger partial charge in [0.05, 0.1) is 23.8 Å². The van der Waals surface area contributed by atoms with E-state index in [2.05, 4.69) is 6.07 Å². The highest BCUT2D eigenvalue weighted by molar-refractivity contribution is 5.89. The minimum Gasteiger partial charge on any atom is -0.461 e. The molecule has 1 aromatic heterocycles. The highest BCUT2D eigenvalue weighted by Gasteiger charge is 2.17. The molecule has 1 rings (SSSR count). The molecule has 0 unspecified atom stereocenters. The number of aryl methyl sites for hydroxylation is 1. The van der Waals surface area contributed by atoms with Gasteiger partial charge in [0.2, 0.25) is 0 Å². The minimum atomic E-state index is -0.375. The van der Waals surface area contributed by atoms with Crippen LogP contribution in [0.2, 0.25) is 0 Å². The fourth-order valence-electron chi connectivity index (χ4n) is 1.77. The van der Waals surface area contributed by atoms with Gasteiger partial charge >= 0.3 is 5.97 Å². The first-order chi connectivity index (χ1) is 8.89. The number of nitrogen functional groups attached to an aromatic ring is 1. The van der Waals surface area contributed by atoms with Crippen molar-refractivity contribution in [3.05, 3.63) is 18.0 Å². The zero-order valence-corrected chi connectivity index (χ0v) is 11.8. The van der Waals surface area contributed by atoms with Gasteiger partial charge in [-0.2, -0.15) is 5.26 Å². The maximum absolute atomic E-state index is 11.9. The van der Waals surface area contributed by atoms with Crippen molar-refractivity contribution in [2.45, 2.75) is 40.2 Å². The SMILES string of the molecule is CCn1cc(N)cc1C(=O)OCCCC(C)(C)C#N.